The molecular formula is C15H9Cl3N2O2S. The third kappa shape index (κ3) is 4.06. The first-order valence-electron chi connectivity index (χ1n) is 6.45. The maximum Gasteiger partial charge on any atom is 0.264 e. The molecule has 0 saturated heterocycles. The molecule has 1 amide bonds. The van der Waals surface area contributed by atoms with Crippen LogP contribution < -0.4 is 10.1 Å². The molecule has 0 unspecified atom stereocenters. The van der Waals surface area contributed by atoms with Gasteiger partial charge >= 0.3 is 0 Å². The first-order chi connectivity index (χ1) is 11.0. The van der Waals surface area contributed by atoms with Gasteiger partial charge in [-0.1, -0.05) is 46.1 Å². The minimum Gasteiger partial charge on any atom is -0.482 e. The molecule has 0 atom stereocenters. The van der Waals surface area contributed by atoms with Crippen LogP contribution in [0, 0.1) is 0 Å². The summed E-state index contributed by atoms with van der Waals surface area (Å²) in [4.78, 5) is 16.2. The lowest BCUT2D eigenvalue weighted by atomic mass is 10.3. The number of nitrogens with zero attached hydrogens (tertiary/aromatic N) is 1. The Labute approximate surface area is 150 Å². The summed E-state index contributed by atoms with van der Waals surface area (Å²) in [5, 5.41) is 4.64. The number of rotatable bonds is 4. The number of hydrogen-bond acceptors (Lipinski definition) is 4. The number of carbonyl (C=O) groups excluding carboxylic acids is 1. The quantitative estimate of drug-likeness (QED) is 0.663. The van der Waals surface area contributed by atoms with Gasteiger partial charge in [0.15, 0.2) is 11.7 Å². The summed E-state index contributed by atoms with van der Waals surface area (Å²) in [5.74, 6) is 0.0588. The van der Waals surface area contributed by atoms with E-state index in [1.165, 1.54) is 11.3 Å². The molecule has 8 heteroatoms. The number of hydrogen-bond donors (Lipinski definition) is 1. The average molecular weight is 388 g/mol. The largest absolute Gasteiger partial charge is 0.482 e. The lowest BCUT2D eigenvalue weighted by Crippen LogP contribution is -2.20. The van der Waals surface area contributed by atoms with Gasteiger partial charge in [-0.3, -0.25) is 10.1 Å². The van der Waals surface area contributed by atoms with Gasteiger partial charge < -0.3 is 4.74 Å². The maximum atomic E-state index is 11.9. The van der Waals surface area contributed by atoms with Crippen molar-refractivity contribution in [2.75, 3.05) is 11.9 Å². The summed E-state index contributed by atoms with van der Waals surface area (Å²) in [5.41, 5.74) is 0.774. The summed E-state index contributed by atoms with van der Waals surface area (Å²) in [7, 11) is 0. The van der Waals surface area contributed by atoms with Crippen molar-refractivity contribution in [2.24, 2.45) is 0 Å². The van der Waals surface area contributed by atoms with Gasteiger partial charge in [0.05, 0.1) is 15.2 Å². The van der Waals surface area contributed by atoms with Gasteiger partial charge in [0.2, 0.25) is 0 Å². The fraction of sp³-hybridized carbons (Fsp3) is 0.0667. The normalized spacial score (nSPS) is 10.7. The van der Waals surface area contributed by atoms with Crippen LogP contribution in [0.5, 0.6) is 5.75 Å². The first kappa shape index (κ1) is 16.3. The van der Waals surface area contributed by atoms with Crippen LogP contribution in [-0.2, 0) is 4.79 Å². The number of carbonyl (C=O) groups is 1. The Bertz CT molecular complexity index is 882. The van der Waals surface area contributed by atoms with Crippen LogP contribution in [0.2, 0.25) is 15.1 Å². The van der Waals surface area contributed by atoms with Crippen LogP contribution >= 0.6 is 46.1 Å². The SMILES string of the molecule is O=C(COc1ccc(Cl)cc1Cl)Nc1nc2ccc(Cl)cc2s1. The van der Waals surface area contributed by atoms with Crippen molar-refractivity contribution in [3.8, 4) is 5.75 Å². The molecule has 2 aromatic carbocycles. The second-order valence-electron chi connectivity index (χ2n) is 4.54. The summed E-state index contributed by atoms with van der Waals surface area (Å²) in [6.45, 7) is -0.183. The molecule has 0 fully saturated rings. The molecule has 1 aromatic heterocycles. The molecule has 1 N–H and O–H groups in total. The molecule has 3 rings (SSSR count). The second-order valence-corrected chi connectivity index (χ2v) is 6.85. The molecule has 0 aliphatic rings. The predicted octanol–water partition coefficient (Wildman–Crippen LogP) is 5.27. The zero-order valence-electron chi connectivity index (χ0n) is 11.5. The van der Waals surface area contributed by atoms with Gasteiger partial charge in [0.1, 0.15) is 5.75 Å². The molecule has 0 aliphatic carbocycles. The third-order valence-corrected chi connectivity index (χ3v) is 4.55. The molecule has 118 valence electrons. The highest BCUT2D eigenvalue weighted by Crippen LogP contribution is 2.29. The molecule has 1 heterocycles. The van der Waals surface area contributed by atoms with E-state index in [-0.39, 0.29) is 12.5 Å². The molecule has 3 aromatic rings. The van der Waals surface area contributed by atoms with E-state index in [0.29, 0.717) is 25.9 Å². The van der Waals surface area contributed by atoms with Crippen molar-refractivity contribution >= 4 is 67.4 Å². The van der Waals surface area contributed by atoms with E-state index >= 15 is 0 Å². The number of amides is 1. The Kier molecular flexibility index (Phi) is 4.92. The number of thiazole rings is 1. The Morgan fingerprint density at radius 3 is 2.65 bits per heavy atom. The molecule has 0 aliphatic heterocycles. The summed E-state index contributed by atoms with van der Waals surface area (Å²) in [6.07, 6.45) is 0. The molecule has 0 spiro atoms. The lowest BCUT2D eigenvalue weighted by molar-refractivity contribution is -0.118. The van der Waals surface area contributed by atoms with Crippen molar-refractivity contribution in [2.45, 2.75) is 0 Å². The minimum atomic E-state index is -0.332. The minimum absolute atomic E-state index is 0.183. The van der Waals surface area contributed by atoms with E-state index in [1.807, 2.05) is 0 Å². The highest BCUT2D eigenvalue weighted by molar-refractivity contribution is 7.22. The molecule has 0 radical (unpaired) electrons. The number of anilines is 1. The number of halogens is 3. The van der Waals surface area contributed by atoms with Crippen LogP contribution in [0.15, 0.2) is 36.4 Å². The van der Waals surface area contributed by atoms with Gasteiger partial charge in [0, 0.05) is 10.0 Å². The number of nitrogens with one attached hydrogen (secondary N) is 1. The van der Waals surface area contributed by atoms with E-state index in [0.717, 1.165) is 10.2 Å². The molecule has 23 heavy (non-hydrogen) atoms. The Balaban J connectivity index is 1.64. The summed E-state index contributed by atoms with van der Waals surface area (Å²) >= 11 is 19.0. The Hall–Kier alpha value is -1.53. The van der Waals surface area contributed by atoms with Crippen LogP contribution in [0.1, 0.15) is 0 Å². The summed E-state index contributed by atoms with van der Waals surface area (Å²) < 4.78 is 6.27. The first-order valence-corrected chi connectivity index (χ1v) is 8.40. The average Bonchev–Trinajstić information content (AvgIpc) is 2.87. The van der Waals surface area contributed by atoms with E-state index in [4.69, 9.17) is 39.5 Å². The van der Waals surface area contributed by atoms with E-state index < -0.39 is 0 Å². The number of ether oxygens (including phenoxy) is 1. The molecule has 4 nitrogen and oxygen atoms in total. The number of fused-ring (bicyclic) bond motifs is 1. The Morgan fingerprint density at radius 1 is 1.13 bits per heavy atom. The van der Waals surface area contributed by atoms with Gasteiger partial charge in [-0.05, 0) is 36.4 Å². The monoisotopic (exact) mass is 386 g/mol. The molecular weight excluding hydrogens is 379 g/mol. The van der Waals surface area contributed by atoms with Crippen molar-refractivity contribution in [1.82, 2.24) is 4.98 Å². The predicted molar refractivity (Wildman–Crippen MR) is 95.2 cm³/mol. The van der Waals surface area contributed by atoms with E-state index in [2.05, 4.69) is 10.3 Å². The summed E-state index contributed by atoms with van der Waals surface area (Å²) in [6, 6.07) is 10.1. The topological polar surface area (TPSA) is 51.2 Å². The van der Waals surface area contributed by atoms with Crippen LogP contribution in [0.25, 0.3) is 10.2 Å². The zero-order valence-corrected chi connectivity index (χ0v) is 14.6. The third-order valence-electron chi connectivity index (χ3n) is 2.85. The second kappa shape index (κ2) is 6.93. The van der Waals surface area contributed by atoms with Crippen LogP contribution in [0.3, 0.4) is 0 Å². The fourth-order valence-electron chi connectivity index (χ4n) is 1.84. The Morgan fingerprint density at radius 2 is 1.87 bits per heavy atom. The standard InChI is InChI=1S/C15H9Cl3N2O2S/c16-8-2-4-12(10(18)5-8)22-7-14(21)20-15-19-11-3-1-9(17)6-13(11)23-15/h1-6H,7H2,(H,19,20,21). The zero-order chi connectivity index (χ0) is 16.4. The smallest absolute Gasteiger partial charge is 0.264 e. The van der Waals surface area contributed by atoms with Gasteiger partial charge in [-0.25, -0.2) is 4.98 Å². The number of benzene rings is 2. The van der Waals surface area contributed by atoms with E-state index in [9.17, 15) is 4.79 Å². The highest BCUT2D eigenvalue weighted by atomic mass is 35.5. The number of aromatic nitrogens is 1. The van der Waals surface area contributed by atoms with Gasteiger partial charge in [-0.15, -0.1) is 0 Å². The van der Waals surface area contributed by atoms with Crippen molar-refractivity contribution < 1.29 is 9.53 Å². The van der Waals surface area contributed by atoms with Crippen molar-refractivity contribution in [3.63, 3.8) is 0 Å². The van der Waals surface area contributed by atoms with Gasteiger partial charge in [0.25, 0.3) is 5.91 Å². The van der Waals surface area contributed by atoms with Gasteiger partial charge in [-0.2, -0.15) is 0 Å². The van der Waals surface area contributed by atoms with Crippen LogP contribution in [-0.4, -0.2) is 17.5 Å². The van der Waals surface area contributed by atoms with Crippen molar-refractivity contribution in [1.29, 1.82) is 0 Å². The highest BCUT2D eigenvalue weighted by Gasteiger charge is 2.10. The lowest BCUT2D eigenvalue weighted by Gasteiger charge is -2.07. The fourth-order valence-corrected chi connectivity index (χ4v) is 3.46. The maximum absolute atomic E-state index is 11.9. The van der Waals surface area contributed by atoms with Crippen LogP contribution in [0.4, 0.5) is 5.13 Å². The van der Waals surface area contributed by atoms with Crippen molar-refractivity contribution in [3.05, 3.63) is 51.5 Å². The molecule has 0 saturated carbocycles. The molecule has 0 bridgehead atoms. The van der Waals surface area contributed by atoms with E-state index in [1.54, 1.807) is 36.4 Å².